The molecule has 9 heteroatoms. The van der Waals surface area contributed by atoms with Crippen LogP contribution in [0.2, 0.25) is 0 Å². The molecule has 0 radical (unpaired) electrons. The van der Waals surface area contributed by atoms with Crippen molar-refractivity contribution in [1.29, 1.82) is 0 Å². The van der Waals surface area contributed by atoms with E-state index >= 15 is 0 Å². The van der Waals surface area contributed by atoms with Crippen molar-refractivity contribution in [2.75, 3.05) is 26.4 Å². The predicted octanol–water partition coefficient (Wildman–Crippen LogP) is -0.552. The zero-order valence-electron chi connectivity index (χ0n) is 11.4. The molecule has 0 bridgehead atoms. The summed E-state index contributed by atoms with van der Waals surface area (Å²) in [7, 11) is 0. The lowest BCUT2D eigenvalue weighted by Crippen LogP contribution is -2.29. The summed E-state index contributed by atoms with van der Waals surface area (Å²) in [5.74, 6) is 0.633. The smallest absolute Gasteiger partial charge is 0.243 e. The molecule has 0 fully saturated rings. The zero-order valence-corrected chi connectivity index (χ0v) is 11.4. The van der Waals surface area contributed by atoms with Gasteiger partial charge in [0.1, 0.15) is 6.54 Å². The van der Waals surface area contributed by atoms with Crippen LogP contribution in [0, 0.1) is 0 Å². The minimum absolute atomic E-state index is 0.00231. The van der Waals surface area contributed by atoms with Crippen molar-refractivity contribution >= 4 is 5.91 Å². The van der Waals surface area contributed by atoms with E-state index in [9.17, 15) is 4.79 Å². The number of tetrazole rings is 1. The molecule has 0 saturated heterocycles. The minimum atomic E-state index is -0.208. The molecule has 2 aromatic rings. The van der Waals surface area contributed by atoms with Crippen LogP contribution in [-0.4, -0.2) is 57.6 Å². The van der Waals surface area contributed by atoms with Gasteiger partial charge in [0.05, 0.1) is 19.5 Å². The van der Waals surface area contributed by atoms with Gasteiger partial charge in [0.15, 0.2) is 5.76 Å². The van der Waals surface area contributed by atoms with Gasteiger partial charge in [0, 0.05) is 13.2 Å². The van der Waals surface area contributed by atoms with Crippen LogP contribution in [-0.2, 0) is 16.1 Å². The zero-order chi connectivity index (χ0) is 14.9. The number of nitrogens with zero attached hydrogens (tertiary/aromatic N) is 4. The van der Waals surface area contributed by atoms with Crippen LogP contribution in [0.4, 0.5) is 0 Å². The van der Waals surface area contributed by atoms with Crippen molar-refractivity contribution < 1.29 is 19.1 Å². The molecule has 0 aromatic carbocycles. The number of amides is 1. The Morgan fingerprint density at radius 3 is 3.14 bits per heavy atom. The van der Waals surface area contributed by atoms with E-state index in [1.807, 2.05) is 0 Å². The van der Waals surface area contributed by atoms with Crippen molar-refractivity contribution in [3.05, 3.63) is 18.4 Å². The third-order valence-corrected chi connectivity index (χ3v) is 2.50. The Morgan fingerprint density at radius 1 is 1.48 bits per heavy atom. The maximum atomic E-state index is 11.7. The molecular formula is C12H17N5O4. The molecule has 21 heavy (non-hydrogen) atoms. The fraction of sp³-hybridized carbons (Fsp3) is 0.500. The number of aliphatic hydroxyl groups is 1. The lowest BCUT2D eigenvalue weighted by atomic mass is 10.4. The van der Waals surface area contributed by atoms with E-state index in [2.05, 4.69) is 20.7 Å². The molecule has 0 atom stereocenters. The first kappa shape index (κ1) is 15.1. The highest BCUT2D eigenvalue weighted by Gasteiger charge is 2.10. The predicted molar refractivity (Wildman–Crippen MR) is 71.1 cm³/mol. The second-order valence-corrected chi connectivity index (χ2v) is 4.16. The van der Waals surface area contributed by atoms with Crippen molar-refractivity contribution in [2.24, 2.45) is 0 Å². The fourth-order valence-electron chi connectivity index (χ4n) is 1.57. The van der Waals surface area contributed by atoms with Crippen LogP contribution in [0.5, 0.6) is 0 Å². The van der Waals surface area contributed by atoms with E-state index in [1.54, 1.807) is 12.1 Å². The minimum Gasteiger partial charge on any atom is -0.461 e. The molecule has 2 N–H and O–H groups in total. The maximum Gasteiger partial charge on any atom is 0.243 e. The average Bonchev–Trinajstić information content (AvgIpc) is 3.13. The largest absolute Gasteiger partial charge is 0.461 e. The van der Waals surface area contributed by atoms with Gasteiger partial charge in [-0.15, -0.1) is 10.2 Å². The highest BCUT2D eigenvalue weighted by Crippen LogP contribution is 2.12. The number of hydrogen-bond donors (Lipinski definition) is 2. The summed E-state index contributed by atoms with van der Waals surface area (Å²) in [5.41, 5.74) is 0. The van der Waals surface area contributed by atoms with E-state index in [1.165, 1.54) is 11.1 Å². The van der Waals surface area contributed by atoms with Crippen molar-refractivity contribution in [3.63, 3.8) is 0 Å². The molecule has 1 amide bonds. The van der Waals surface area contributed by atoms with E-state index in [4.69, 9.17) is 14.3 Å². The molecule has 9 nitrogen and oxygen atoms in total. The lowest BCUT2D eigenvalue weighted by Gasteiger charge is -2.04. The Balaban J connectivity index is 1.68. The van der Waals surface area contributed by atoms with Gasteiger partial charge < -0.3 is 19.6 Å². The Hall–Kier alpha value is -2.26. The van der Waals surface area contributed by atoms with Crippen LogP contribution in [0.1, 0.15) is 6.42 Å². The first-order chi connectivity index (χ1) is 10.3. The Bertz CT molecular complexity index is 540. The highest BCUT2D eigenvalue weighted by molar-refractivity contribution is 5.75. The van der Waals surface area contributed by atoms with E-state index in [0.717, 1.165) is 0 Å². The normalized spacial score (nSPS) is 10.7. The highest BCUT2D eigenvalue weighted by atomic mass is 16.5. The summed E-state index contributed by atoms with van der Waals surface area (Å²) in [6.45, 7) is 1.29. The van der Waals surface area contributed by atoms with Crippen molar-refractivity contribution in [3.8, 4) is 11.6 Å². The van der Waals surface area contributed by atoms with Crippen molar-refractivity contribution in [1.82, 2.24) is 25.5 Å². The molecule has 0 unspecified atom stereocenters. The third-order valence-electron chi connectivity index (χ3n) is 2.50. The van der Waals surface area contributed by atoms with Crippen LogP contribution in [0.15, 0.2) is 22.8 Å². The fourth-order valence-corrected chi connectivity index (χ4v) is 1.57. The number of aliphatic hydroxyl groups excluding tert-OH is 1. The van der Waals surface area contributed by atoms with Crippen LogP contribution in [0.3, 0.4) is 0 Å². The van der Waals surface area contributed by atoms with Gasteiger partial charge in [-0.25, -0.2) is 0 Å². The monoisotopic (exact) mass is 295 g/mol. The number of hydrogen-bond acceptors (Lipinski definition) is 7. The molecule has 2 heterocycles. The molecule has 2 aromatic heterocycles. The first-order valence-electron chi connectivity index (χ1n) is 6.56. The topological polar surface area (TPSA) is 115 Å². The lowest BCUT2D eigenvalue weighted by molar-refractivity contribution is -0.122. The molecule has 2 rings (SSSR count). The van der Waals surface area contributed by atoms with Crippen LogP contribution in [0.25, 0.3) is 11.6 Å². The number of nitrogens with one attached hydrogen (secondary N) is 1. The summed E-state index contributed by atoms with van der Waals surface area (Å²) in [4.78, 5) is 12.9. The van der Waals surface area contributed by atoms with Gasteiger partial charge in [-0.2, -0.15) is 4.80 Å². The number of rotatable bonds is 9. The molecule has 0 aliphatic heterocycles. The number of carbonyl (C=O) groups is 1. The van der Waals surface area contributed by atoms with E-state index in [-0.39, 0.29) is 19.1 Å². The SMILES string of the molecule is O=C(Cn1nnc(-c2ccco2)n1)NCCCOCCO. The van der Waals surface area contributed by atoms with Gasteiger partial charge in [0.2, 0.25) is 11.7 Å². The standard InChI is InChI=1S/C12H17N5O4/c18-5-8-20-6-2-4-13-11(19)9-17-15-12(14-16-17)10-3-1-7-21-10/h1,3,7,18H,2,4-6,8-9H2,(H,13,19). The third kappa shape index (κ3) is 4.97. The summed E-state index contributed by atoms with van der Waals surface area (Å²) in [5, 5.41) is 22.9. The van der Waals surface area contributed by atoms with Gasteiger partial charge in [-0.05, 0) is 23.8 Å². The van der Waals surface area contributed by atoms with E-state index < -0.39 is 0 Å². The summed E-state index contributed by atoms with van der Waals surface area (Å²) >= 11 is 0. The number of carbonyl (C=O) groups excluding carboxylic acids is 1. The number of ether oxygens (including phenoxy) is 1. The number of aromatic nitrogens is 4. The number of furan rings is 1. The quantitative estimate of drug-likeness (QED) is 0.596. The summed E-state index contributed by atoms with van der Waals surface area (Å²) in [6, 6.07) is 3.44. The summed E-state index contributed by atoms with van der Waals surface area (Å²) in [6.07, 6.45) is 2.19. The molecule has 0 saturated carbocycles. The first-order valence-corrected chi connectivity index (χ1v) is 6.56. The van der Waals surface area contributed by atoms with Crippen molar-refractivity contribution in [2.45, 2.75) is 13.0 Å². The van der Waals surface area contributed by atoms with Crippen LogP contribution >= 0.6 is 0 Å². The Kier molecular flexibility index (Phi) is 5.85. The average molecular weight is 295 g/mol. The second kappa shape index (κ2) is 8.12. The maximum absolute atomic E-state index is 11.7. The van der Waals surface area contributed by atoms with Gasteiger partial charge >= 0.3 is 0 Å². The molecular weight excluding hydrogens is 278 g/mol. The van der Waals surface area contributed by atoms with Gasteiger partial charge in [0.25, 0.3) is 0 Å². The molecule has 114 valence electrons. The molecule has 0 spiro atoms. The Labute approximate surface area is 120 Å². The molecule has 0 aliphatic carbocycles. The second-order valence-electron chi connectivity index (χ2n) is 4.16. The summed E-state index contributed by atoms with van der Waals surface area (Å²) < 4.78 is 10.2. The Morgan fingerprint density at radius 2 is 2.38 bits per heavy atom. The molecule has 0 aliphatic rings. The van der Waals surface area contributed by atoms with Crippen LogP contribution < -0.4 is 5.32 Å². The van der Waals surface area contributed by atoms with Gasteiger partial charge in [-0.3, -0.25) is 4.79 Å². The van der Waals surface area contributed by atoms with Gasteiger partial charge in [-0.1, -0.05) is 0 Å². The van der Waals surface area contributed by atoms with E-state index in [0.29, 0.717) is 37.8 Å².